The van der Waals surface area contributed by atoms with Gasteiger partial charge < -0.3 is 0 Å². The van der Waals surface area contributed by atoms with Crippen molar-refractivity contribution >= 4 is 5.52 Å². The largest absolute Gasteiger partial charge is 0.238 e. The molecule has 0 aliphatic carbocycles. The van der Waals surface area contributed by atoms with Crippen LogP contribution < -0.4 is 0 Å². The summed E-state index contributed by atoms with van der Waals surface area (Å²) in [6.45, 7) is 1.94. The molecule has 0 bridgehead atoms. The first-order valence-electron chi connectivity index (χ1n) is 3.37. The Bertz CT molecular complexity index is 392. The monoisotopic (exact) mass is 150 g/mol. The van der Waals surface area contributed by atoms with E-state index in [2.05, 4.69) is 5.10 Å². The van der Waals surface area contributed by atoms with E-state index in [0.717, 1.165) is 11.1 Å². The molecule has 0 spiro atoms. The Kier molecular flexibility index (Phi) is 1.18. The lowest BCUT2D eigenvalue weighted by Crippen LogP contribution is -1.87. The average molecular weight is 150 g/mol. The number of pyridine rings is 1. The van der Waals surface area contributed by atoms with Crippen molar-refractivity contribution in [2.24, 2.45) is 0 Å². The maximum atomic E-state index is 12.6. The van der Waals surface area contributed by atoms with Crippen LogP contribution in [0, 0.1) is 12.7 Å². The van der Waals surface area contributed by atoms with Crippen molar-refractivity contribution in [3.05, 3.63) is 35.9 Å². The Morgan fingerprint density at radius 2 is 2.27 bits per heavy atom. The standard InChI is InChI=1S/C8H7FN2/c1-6-4-10-11-5-7(9)2-3-8(6)11/h2-5H,1H3. The molecular formula is C8H7FN2. The fraction of sp³-hybridized carbons (Fsp3) is 0.125. The maximum absolute atomic E-state index is 12.6. The summed E-state index contributed by atoms with van der Waals surface area (Å²) in [7, 11) is 0. The van der Waals surface area contributed by atoms with Crippen molar-refractivity contribution in [2.45, 2.75) is 6.92 Å². The lowest BCUT2D eigenvalue weighted by atomic mass is 10.3. The SMILES string of the molecule is Cc1cnn2cc(F)ccc12. The van der Waals surface area contributed by atoms with E-state index in [-0.39, 0.29) is 5.82 Å². The summed E-state index contributed by atoms with van der Waals surface area (Å²) >= 11 is 0. The molecule has 2 nitrogen and oxygen atoms in total. The summed E-state index contributed by atoms with van der Waals surface area (Å²) in [5, 5.41) is 3.96. The number of hydrogen-bond donors (Lipinski definition) is 0. The van der Waals surface area contributed by atoms with E-state index in [1.54, 1.807) is 12.3 Å². The zero-order valence-corrected chi connectivity index (χ0v) is 6.08. The second kappa shape index (κ2) is 2.05. The number of aryl methyl sites for hydroxylation is 1. The summed E-state index contributed by atoms with van der Waals surface area (Å²) in [6, 6.07) is 3.15. The predicted molar refractivity (Wildman–Crippen MR) is 39.9 cm³/mol. The van der Waals surface area contributed by atoms with Gasteiger partial charge in [0, 0.05) is 0 Å². The van der Waals surface area contributed by atoms with E-state index in [9.17, 15) is 4.39 Å². The molecule has 2 aromatic rings. The molecule has 11 heavy (non-hydrogen) atoms. The lowest BCUT2D eigenvalue weighted by molar-refractivity contribution is 0.615. The van der Waals surface area contributed by atoms with Gasteiger partial charge in [0.15, 0.2) is 0 Å². The molecule has 0 saturated carbocycles. The predicted octanol–water partition coefficient (Wildman–Crippen LogP) is 1.78. The molecule has 0 aliphatic rings. The quantitative estimate of drug-likeness (QED) is 0.559. The highest BCUT2D eigenvalue weighted by Crippen LogP contribution is 2.08. The first-order chi connectivity index (χ1) is 5.27. The Balaban J connectivity index is 2.86. The molecular weight excluding hydrogens is 143 g/mol. The van der Waals surface area contributed by atoms with Crippen LogP contribution in [-0.4, -0.2) is 9.61 Å². The molecule has 0 radical (unpaired) electrons. The van der Waals surface area contributed by atoms with Gasteiger partial charge in [-0.2, -0.15) is 5.10 Å². The van der Waals surface area contributed by atoms with Crippen molar-refractivity contribution in [2.75, 3.05) is 0 Å². The molecule has 0 saturated heterocycles. The Morgan fingerprint density at radius 3 is 3.09 bits per heavy atom. The minimum Gasteiger partial charge on any atom is -0.238 e. The molecule has 3 heteroatoms. The van der Waals surface area contributed by atoms with Gasteiger partial charge in [-0.3, -0.25) is 0 Å². The number of fused-ring (bicyclic) bond motifs is 1. The smallest absolute Gasteiger partial charge is 0.141 e. The lowest BCUT2D eigenvalue weighted by Gasteiger charge is -1.92. The van der Waals surface area contributed by atoms with Gasteiger partial charge in [-0.1, -0.05) is 0 Å². The molecule has 0 aromatic carbocycles. The zero-order chi connectivity index (χ0) is 7.84. The van der Waals surface area contributed by atoms with Crippen LogP contribution >= 0.6 is 0 Å². The third-order valence-electron chi connectivity index (χ3n) is 1.67. The molecule has 2 heterocycles. The van der Waals surface area contributed by atoms with Gasteiger partial charge in [0.2, 0.25) is 0 Å². The van der Waals surface area contributed by atoms with E-state index in [4.69, 9.17) is 0 Å². The molecule has 0 atom stereocenters. The molecule has 0 aliphatic heterocycles. The van der Waals surface area contributed by atoms with Crippen molar-refractivity contribution < 1.29 is 4.39 Å². The molecule has 0 fully saturated rings. The van der Waals surface area contributed by atoms with Gasteiger partial charge in [-0.15, -0.1) is 0 Å². The van der Waals surface area contributed by atoms with Gasteiger partial charge in [0.25, 0.3) is 0 Å². The van der Waals surface area contributed by atoms with Crippen LogP contribution in [0.2, 0.25) is 0 Å². The van der Waals surface area contributed by atoms with E-state index in [1.807, 2.05) is 6.92 Å². The van der Waals surface area contributed by atoms with Gasteiger partial charge in [-0.25, -0.2) is 8.91 Å². The van der Waals surface area contributed by atoms with Crippen LogP contribution in [0.15, 0.2) is 24.5 Å². The van der Waals surface area contributed by atoms with Gasteiger partial charge in [0.05, 0.1) is 17.9 Å². The second-order valence-corrected chi connectivity index (χ2v) is 2.50. The number of halogens is 1. The van der Waals surface area contributed by atoms with E-state index in [0.29, 0.717) is 0 Å². The van der Waals surface area contributed by atoms with Crippen LogP contribution in [0.25, 0.3) is 5.52 Å². The summed E-state index contributed by atoms with van der Waals surface area (Å²) in [6.07, 6.45) is 3.08. The molecule has 2 rings (SSSR count). The number of nitrogens with zero attached hydrogens (tertiary/aromatic N) is 2. The minimum atomic E-state index is -0.263. The molecule has 56 valence electrons. The van der Waals surface area contributed by atoms with Gasteiger partial charge >= 0.3 is 0 Å². The Morgan fingerprint density at radius 1 is 1.45 bits per heavy atom. The van der Waals surface area contributed by atoms with Crippen molar-refractivity contribution in [1.82, 2.24) is 9.61 Å². The third kappa shape index (κ3) is 0.888. The number of hydrogen-bond acceptors (Lipinski definition) is 1. The first-order valence-corrected chi connectivity index (χ1v) is 3.37. The van der Waals surface area contributed by atoms with E-state index in [1.165, 1.54) is 16.8 Å². The summed E-state index contributed by atoms with van der Waals surface area (Å²) in [4.78, 5) is 0. The topological polar surface area (TPSA) is 17.3 Å². The normalized spacial score (nSPS) is 10.7. The summed E-state index contributed by atoms with van der Waals surface area (Å²) < 4.78 is 14.1. The third-order valence-corrected chi connectivity index (χ3v) is 1.67. The number of rotatable bonds is 0. The van der Waals surface area contributed by atoms with Crippen molar-refractivity contribution in [1.29, 1.82) is 0 Å². The van der Waals surface area contributed by atoms with Gasteiger partial charge in [0.1, 0.15) is 5.82 Å². The Labute approximate surface area is 63.3 Å². The first kappa shape index (κ1) is 6.34. The second-order valence-electron chi connectivity index (χ2n) is 2.50. The summed E-state index contributed by atoms with van der Waals surface area (Å²) in [5.41, 5.74) is 2.01. The minimum absolute atomic E-state index is 0.263. The van der Waals surface area contributed by atoms with Crippen molar-refractivity contribution in [3.8, 4) is 0 Å². The van der Waals surface area contributed by atoms with Crippen LogP contribution in [-0.2, 0) is 0 Å². The Hall–Kier alpha value is -1.38. The molecule has 2 aromatic heterocycles. The van der Waals surface area contributed by atoms with E-state index >= 15 is 0 Å². The highest BCUT2D eigenvalue weighted by atomic mass is 19.1. The fourth-order valence-electron chi connectivity index (χ4n) is 1.09. The van der Waals surface area contributed by atoms with E-state index < -0.39 is 0 Å². The average Bonchev–Trinajstić information content (AvgIpc) is 2.32. The molecule has 0 N–H and O–H groups in total. The zero-order valence-electron chi connectivity index (χ0n) is 6.08. The van der Waals surface area contributed by atoms with Crippen molar-refractivity contribution in [3.63, 3.8) is 0 Å². The van der Waals surface area contributed by atoms with Crippen LogP contribution in [0.3, 0.4) is 0 Å². The van der Waals surface area contributed by atoms with Gasteiger partial charge in [-0.05, 0) is 24.6 Å². The fourth-order valence-corrected chi connectivity index (χ4v) is 1.09. The van der Waals surface area contributed by atoms with Crippen LogP contribution in [0.1, 0.15) is 5.56 Å². The number of aromatic nitrogens is 2. The molecule has 0 amide bonds. The highest BCUT2D eigenvalue weighted by molar-refractivity contribution is 5.52. The summed E-state index contributed by atoms with van der Waals surface area (Å²) in [5.74, 6) is -0.263. The highest BCUT2D eigenvalue weighted by Gasteiger charge is 1.98. The van der Waals surface area contributed by atoms with Crippen LogP contribution in [0.4, 0.5) is 4.39 Å². The maximum Gasteiger partial charge on any atom is 0.141 e. The van der Waals surface area contributed by atoms with Crippen LogP contribution in [0.5, 0.6) is 0 Å². The molecule has 0 unspecified atom stereocenters.